The van der Waals surface area contributed by atoms with E-state index in [1.807, 2.05) is 0 Å². The van der Waals surface area contributed by atoms with Crippen LogP contribution in [0.5, 0.6) is 0 Å². The van der Waals surface area contributed by atoms with Crippen LogP contribution in [0, 0.1) is 0 Å². The Bertz CT molecular complexity index is 844. The topological polar surface area (TPSA) is 28.7 Å². The first kappa shape index (κ1) is 16.1. The molecule has 0 atom stereocenters. The number of imidazole rings is 1. The van der Waals surface area contributed by atoms with Crippen molar-refractivity contribution < 1.29 is 13.2 Å². The Kier molecular flexibility index (Phi) is 4.21. The number of aromatic nitrogens is 2. The molecule has 0 fully saturated rings. The molecule has 0 amide bonds. The molecular weight excluding hydrogens is 393 g/mol. The molecule has 1 heterocycles. The van der Waals surface area contributed by atoms with E-state index in [0.717, 1.165) is 27.6 Å². The SMILES string of the molecule is FC(F)(F)c1ccc(/C=C/c2nc3cc(Br)c(Cl)cc3[nH]2)cc1. The van der Waals surface area contributed by atoms with Crippen LogP contribution in [0.2, 0.25) is 5.02 Å². The van der Waals surface area contributed by atoms with Crippen molar-refractivity contribution in [1.29, 1.82) is 0 Å². The van der Waals surface area contributed by atoms with Crippen molar-refractivity contribution in [3.05, 3.63) is 62.8 Å². The maximum Gasteiger partial charge on any atom is 0.416 e. The first-order chi connectivity index (χ1) is 10.8. The van der Waals surface area contributed by atoms with Crippen molar-refractivity contribution in [2.24, 2.45) is 0 Å². The molecule has 3 aromatic rings. The predicted molar refractivity (Wildman–Crippen MR) is 89.2 cm³/mol. The van der Waals surface area contributed by atoms with Gasteiger partial charge in [0.15, 0.2) is 0 Å². The number of nitrogens with one attached hydrogen (secondary N) is 1. The number of alkyl halides is 3. The van der Waals surface area contributed by atoms with E-state index in [-0.39, 0.29) is 0 Å². The number of aromatic amines is 1. The summed E-state index contributed by atoms with van der Waals surface area (Å²) in [7, 11) is 0. The van der Waals surface area contributed by atoms with Gasteiger partial charge in [-0.2, -0.15) is 13.2 Å². The van der Waals surface area contributed by atoms with Gasteiger partial charge in [0, 0.05) is 4.47 Å². The van der Waals surface area contributed by atoms with E-state index in [1.165, 1.54) is 12.1 Å². The van der Waals surface area contributed by atoms with E-state index in [0.29, 0.717) is 16.4 Å². The van der Waals surface area contributed by atoms with Crippen molar-refractivity contribution in [3.8, 4) is 0 Å². The summed E-state index contributed by atoms with van der Waals surface area (Å²) in [5.74, 6) is 0.592. The number of hydrogen-bond acceptors (Lipinski definition) is 1. The summed E-state index contributed by atoms with van der Waals surface area (Å²) in [6.45, 7) is 0. The Morgan fingerprint density at radius 3 is 2.43 bits per heavy atom. The maximum atomic E-state index is 12.5. The normalized spacial score (nSPS) is 12.4. The van der Waals surface area contributed by atoms with Gasteiger partial charge in [0.2, 0.25) is 0 Å². The first-order valence-corrected chi connectivity index (χ1v) is 7.70. The highest BCUT2D eigenvalue weighted by atomic mass is 79.9. The quantitative estimate of drug-likeness (QED) is 0.547. The first-order valence-electron chi connectivity index (χ1n) is 6.53. The second-order valence-corrected chi connectivity index (χ2v) is 6.12. The fourth-order valence-electron chi connectivity index (χ4n) is 2.06. The Balaban J connectivity index is 1.85. The molecule has 0 radical (unpaired) electrons. The minimum absolute atomic E-state index is 0.569. The van der Waals surface area contributed by atoms with E-state index in [1.54, 1.807) is 24.3 Å². The highest BCUT2D eigenvalue weighted by molar-refractivity contribution is 9.10. The molecule has 0 aliphatic heterocycles. The molecule has 0 aliphatic rings. The summed E-state index contributed by atoms with van der Waals surface area (Å²) in [5, 5.41) is 0.569. The predicted octanol–water partition coefficient (Wildman–Crippen LogP) is 6.17. The molecule has 1 N–H and O–H groups in total. The third kappa shape index (κ3) is 3.59. The van der Waals surface area contributed by atoms with Crippen LogP contribution < -0.4 is 0 Å². The fraction of sp³-hybridized carbons (Fsp3) is 0.0625. The molecule has 1 aromatic heterocycles. The van der Waals surface area contributed by atoms with Gasteiger partial charge in [0.05, 0.1) is 21.6 Å². The van der Waals surface area contributed by atoms with Crippen LogP contribution >= 0.6 is 27.5 Å². The van der Waals surface area contributed by atoms with Gasteiger partial charge < -0.3 is 4.98 Å². The van der Waals surface area contributed by atoms with Crippen LogP contribution in [0.25, 0.3) is 23.2 Å². The summed E-state index contributed by atoms with van der Waals surface area (Å²) in [5.41, 5.74) is 1.51. The molecule has 2 nitrogen and oxygen atoms in total. The Morgan fingerprint density at radius 1 is 1.09 bits per heavy atom. The fourth-order valence-corrected chi connectivity index (χ4v) is 2.56. The minimum atomic E-state index is -4.33. The summed E-state index contributed by atoms with van der Waals surface area (Å²) < 4.78 is 38.3. The molecule has 0 aliphatic carbocycles. The largest absolute Gasteiger partial charge is 0.416 e. The van der Waals surface area contributed by atoms with Gasteiger partial charge in [0.25, 0.3) is 0 Å². The number of benzene rings is 2. The smallest absolute Gasteiger partial charge is 0.338 e. The summed E-state index contributed by atoms with van der Waals surface area (Å²) in [4.78, 5) is 7.46. The van der Waals surface area contributed by atoms with E-state index in [9.17, 15) is 13.2 Å². The lowest BCUT2D eigenvalue weighted by Gasteiger charge is -2.05. The van der Waals surface area contributed by atoms with Gasteiger partial charge in [0.1, 0.15) is 5.82 Å². The third-order valence-electron chi connectivity index (χ3n) is 3.21. The van der Waals surface area contributed by atoms with Crippen molar-refractivity contribution in [2.45, 2.75) is 6.18 Å². The molecule has 0 unspecified atom stereocenters. The molecular formula is C16H9BrClF3N2. The van der Waals surface area contributed by atoms with Gasteiger partial charge in [-0.15, -0.1) is 0 Å². The Labute approximate surface area is 143 Å². The summed E-state index contributed by atoms with van der Waals surface area (Å²) in [6, 6.07) is 8.47. The molecule has 2 aromatic carbocycles. The second-order valence-electron chi connectivity index (χ2n) is 4.86. The molecule has 7 heteroatoms. The van der Waals surface area contributed by atoms with E-state index in [2.05, 4.69) is 25.9 Å². The van der Waals surface area contributed by atoms with Gasteiger partial charge in [-0.1, -0.05) is 29.8 Å². The number of rotatable bonds is 2. The number of fused-ring (bicyclic) bond motifs is 1. The van der Waals surface area contributed by atoms with Gasteiger partial charge in [-0.25, -0.2) is 4.98 Å². The molecule has 23 heavy (non-hydrogen) atoms. The Morgan fingerprint density at radius 2 is 1.78 bits per heavy atom. The van der Waals surface area contributed by atoms with E-state index in [4.69, 9.17) is 11.6 Å². The van der Waals surface area contributed by atoms with Gasteiger partial charge in [-0.3, -0.25) is 0 Å². The summed E-state index contributed by atoms with van der Waals surface area (Å²) in [6.07, 6.45) is -0.938. The highest BCUT2D eigenvalue weighted by Crippen LogP contribution is 2.29. The molecule has 0 spiro atoms. The van der Waals surface area contributed by atoms with Crippen molar-refractivity contribution in [2.75, 3.05) is 0 Å². The number of nitrogens with zero attached hydrogens (tertiary/aromatic N) is 1. The lowest BCUT2D eigenvalue weighted by molar-refractivity contribution is -0.137. The summed E-state index contributed by atoms with van der Waals surface area (Å²) >= 11 is 9.35. The van der Waals surface area contributed by atoms with E-state index >= 15 is 0 Å². The zero-order valence-corrected chi connectivity index (χ0v) is 13.8. The van der Waals surface area contributed by atoms with Crippen LogP contribution in [0.1, 0.15) is 17.0 Å². The Hall–Kier alpha value is -1.79. The zero-order chi connectivity index (χ0) is 16.6. The monoisotopic (exact) mass is 400 g/mol. The lowest BCUT2D eigenvalue weighted by atomic mass is 10.1. The van der Waals surface area contributed by atoms with Crippen LogP contribution in [0.4, 0.5) is 13.2 Å². The van der Waals surface area contributed by atoms with Crippen molar-refractivity contribution in [1.82, 2.24) is 9.97 Å². The van der Waals surface area contributed by atoms with Crippen molar-refractivity contribution in [3.63, 3.8) is 0 Å². The van der Waals surface area contributed by atoms with Crippen LogP contribution in [-0.4, -0.2) is 9.97 Å². The van der Waals surface area contributed by atoms with Gasteiger partial charge in [-0.05, 0) is 51.8 Å². The second kappa shape index (κ2) is 6.02. The number of hydrogen-bond donors (Lipinski definition) is 1. The number of H-pyrrole nitrogens is 1. The average Bonchev–Trinajstić information content (AvgIpc) is 2.87. The molecule has 0 saturated carbocycles. The zero-order valence-electron chi connectivity index (χ0n) is 11.5. The molecule has 118 valence electrons. The molecule has 3 rings (SSSR count). The van der Waals surface area contributed by atoms with Crippen LogP contribution in [-0.2, 0) is 6.18 Å². The third-order valence-corrected chi connectivity index (χ3v) is 4.41. The molecule has 0 saturated heterocycles. The van der Waals surface area contributed by atoms with Crippen LogP contribution in [0.3, 0.4) is 0 Å². The highest BCUT2D eigenvalue weighted by Gasteiger charge is 2.29. The maximum absolute atomic E-state index is 12.5. The lowest BCUT2D eigenvalue weighted by Crippen LogP contribution is -2.03. The average molecular weight is 402 g/mol. The number of halogens is 5. The standard InChI is InChI=1S/C16H9BrClF3N2/c17-11-7-13-14(8-12(11)18)23-15(22-13)6-3-9-1-4-10(5-2-9)16(19,20)21/h1-8H,(H,22,23)/b6-3+. The van der Waals surface area contributed by atoms with Crippen LogP contribution in [0.15, 0.2) is 40.9 Å². The van der Waals surface area contributed by atoms with E-state index < -0.39 is 11.7 Å². The molecule has 0 bridgehead atoms. The minimum Gasteiger partial charge on any atom is -0.338 e. The van der Waals surface area contributed by atoms with Gasteiger partial charge >= 0.3 is 6.18 Å². The van der Waals surface area contributed by atoms with Crippen molar-refractivity contribution >= 4 is 50.7 Å².